The summed E-state index contributed by atoms with van der Waals surface area (Å²) in [5, 5.41) is 3.75. The third-order valence-corrected chi connectivity index (χ3v) is 4.18. The van der Waals surface area contributed by atoms with Crippen LogP contribution in [0.4, 0.5) is 5.69 Å². The molecule has 0 aromatic heterocycles. The van der Waals surface area contributed by atoms with Gasteiger partial charge in [0.15, 0.2) is 0 Å². The summed E-state index contributed by atoms with van der Waals surface area (Å²) in [5.74, 6) is 0.667. The summed E-state index contributed by atoms with van der Waals surface area (Å²) >= 11 is 5.93. The Bertz CT molecular complexity index is 467. The Morgan fingerprint density at radius 3 is 2.41 bits per heavy atom. The molecule has 5 heteroatoms. The zero-order valence-corrected chi connectivity index (χ0v) is 14.3. The van der Waals surface area contributed by atoms with Gasteiger partial charge in [0, 0.05) is 56.4 Å². The van der Waals surface area contributed by atoms with Crippen LogP contribution in [0.3, 0.4) is 0 Å². The lowest BCUT2D eigenvalue weighted by atomic mass is 10.2. The van der Waals surface area contributed by atoms with Crippen LogP contribution in [0.2, 0.25) is 5.02 Å². The third kappa shape index (κ3) is 5.50. The second-order valence-electron chi connectivity index (χ2n) is 6.25. The van der Waals surface area contributed by atoms with Crippen LogP contribution in [0.5, 0.6) is 0 Å². The number of nitrogens with one attached hydrogen (secondary N) is 1. The Labute approximate surface area is 138 Å². The SMILES string of the molecule is CC(C)CNC(=O)CCN1CCN(c2ccc(Cl)cc2)CC1. The Morgan fingerprint density at radius 1 is 1.18 bits per heavy atom. The first kappa shape index (κ1) is 17.1. The molecule has 0 radical (unpaired) electrons. The van der Waals surface area contributed by atoms with Crippen molar-refractivity contribution >= 4 is 23.2 Å². The van der Waals surface area contributed by atoms with E-state index in [4.69, 9.17) is 11.6 Å². The molecule has 1 aromatic rings. The highest BCUT2D eigenvalue weighted by Crippen LogP contribution is 2.19. The molecule has 1 N–H and O–H groups in total. The van der Waals surface area contributed by atoms with Crippen LogP contribution in [0.1, 0.15) is 20.3 Å². The highest BCUT2D eigenvalue weighted by Gasteiger charge is 2.17. The fourth-order valence-corrected chi connectivity index (χ4v) is 2.67. The van der Waals surface area contributed by atoms with Gasteiger partial charge in [-0.05, 0) is 30.2 Å². The molecule has 1 aliphatic heterocycles. The second kappa shape index (κ2) is 8.39. The minimum absolute atomic E-state index is 0.161. The first-order valence-electron chi connectivity index (χ1n) is 8.04. The maximum absolute atomic E-state index is 11.7. The number of amides is 1. The van der Waals surface area contributed by atoms with Crippen molar-refractivity contribution in [2.24, 2.45) is 5.92 Å². The number of rotatable bonds is 6. The van der Waals surface area contributed by atoms with E-state index in [2.05, 4.69) is 41.1 Å². The topological polar surface area (TPSA) is 35.6 Å². The molecule has 1 aromatic carbocycles. The van der Waals surface area contributed by atoms with E-state index in [1.165, 1.54) is 5.69 Å². The van der Waals surface area contributed by atoms with Gasteiger partial charge in [0.1, 0.15) is 0 Å². The Morgan fingerprint density at radius 2 is 1.82 bits per heavy atom. The lowest BCUT2D eigenvalue weighted by Gasteiger charge is -2.36. The van der Waals surface area contributed by atoms with Crippen LogP contribution < -0.4 is 10.2 Å². The molecule has 0 saturated carbocycles. The van der Waals surface area contributed by atoms with Crippen LogP contribution >= 0.6 is 11.6 Å². The van der Waals surface area contributed by atoms with Crippen LogP contribution in [0, 0.1) is 5.92 Å². The molecular formula is C17H26ClN3O. The average molecular weight is 324 g/mol. The number of hydrogen-bond acceptors (Lipinski definition) is 3. The first-order valence-corrected chi connectivity index (χ1v) is 8.42. The zero-order chi connectivity index (χ0) is 15.9. The maximum atomic E-state index is 11.7. The van der Waals surface area contributed by atoms with Crippen molar-refractivity contribution in [2.45, 2.75) is 20.3 Å². The van der Waals surface area contributed by atoms with Gasteiger partial charge in [0.25, 0.3) is 0 Å². The first-order chi connectivity index (χ1) is 10.5. The van der Waals surface area contributed by atoms with E-state index in [0.29, 0.717) is 12.3 Å². The van der Waals surface area contributed by atoms with Crippen molar-refractivity contribution in [3.05, 3.63) is 29.3 Å². The number of benzene rings is 1. The minimum Gasteiger partial charge on any atom is -0.369 e. The highest BCUT2D eigenvalue weighted by molar-refractivity contribution is 6.30. The van der Waals surface area contributed by atoms with Crippen molar-refractivity contribution in [2.75, 3.05) is 44.2 Å². The van der Waals surface area contributed by atoms with Crippen molar-refractivity contribution in [3.8, 4) is 0 Å². The molecule has 1 saturated heterocycles. The van der Waals surface area contributed by atoms with Gasteiger partial charge in [-0.25, -0.2) is 0 Å². The molecule has 22 heavy (non-hydrogen) atoms. The van der Waals surface area contributed by atoms with Gasteiger partial charge in [-0.15, -0.1) is 0 Å². The van der Waals surface area contributed by atoms with Crippen LogP contribution in [0.15, 0.2) is 24.3 Å². The predicted molar refractivity (Wildman–Crippen MR) is 92.6 cm³/mol. The van der Waals surface area contributed by atoms with E-state index < -0.39 is 0 Å². The van der Waals surface area contributed by atoms with Gasteiger partial charge in [0.2, 0.25) is 5.91 Å². The van der Waals surface area contributed by atoms with Crippen LogP contribution in [-0.4, -0.2) is 50.1 Å². The fourth-order valence-electron chi connectivity index (χ4n) is 2.55. The summed E-state index contributed by atoms with van der Waals surface area (Å²) in [6.07, 6.45) is 0.591. The normalized spacial score (nSPS) is 16.1. The molecule has 0 spiro atoms. The number of halogens is 1. The number of nitrogens with zero attached hydrogens (tertiary/aromatic N) is 2. The number of carbonyl (C=O) groups is 1. The third-order valence-electron chi connectivity index (χ3n) is 3.93. The monoisotopic (exact) mass is 323 g/mol. The average Bonchev–Trinajstić information content (AvgIpc) is 2.52. The van der Waals surface area contributed by atoms with Crippen LogP contribution in [0.25, 0.3) is 0 Å². The van der Waals surface area contributed by atoms with E-state index >= 15 is 0 Å². The number of anilines is 1. The molecule has 1 heterocycles. The molecule has 0 bridgehead atoms. The number of carbonyl (C=O) groups excluding carboxylic acids is 1. The molecular weight excluding hydrogens is 298 g/mol. The summed E-state index contributed by atoms with van der Waals surface area (Å²) in [5.41, 5.74) is 1.22. The molecule has 4 nitrogen and oxygen atoms in total. The summed E-state index contributed by atoms with van der Waals surface area (Å²) in [7, 11) is 0. The van der Waals surface area contributed by atoms with Gasteiger partial charge >= 0.3 is 0 Å². The van der Waals surface area contributed by atoms with E-state index in [0.717, 1.165) is 44.3 Å². The molecule has 0 unspecified atom stereocenters. The lowest BCUT2D eigenvalue weighted by molar-refractivity contribution is -0.121. The van der Waals surface area contributed by atoms with Gasteiger partial charge in [-0.2, -0.15) is 0 Å². The molecule has 122 valence electrons. The van der Waals surface area contributed by atoms with E-state index in [9.17, 15) is 4.79 Å². The van der Waals surface area contributed by atoms with Crippen molar-refractivity contribution in [1.82, 2.24) is 10.2 Å². The molecule has 1 fully saturated rings. The second-order valence-corrected chi connectivity index (χ2v) is 6.69. The zero-order valence-electron chi connectivity index (χ0n) is 13.5. The van der Waals surface area contributed by atoms with Gasteiger partial charge < -0.3 is 10.2 Å². The maximum Gasteiger partial charge on any atom is 0.221 e. The Balaban J connectivity index is 1.69. The van der Waals surface area contributed by atoms with E-state index in [1.54, 1.807) is 0 Å². The van der Waals surface area contributed by atoms with Gasteiger partial charge in [-0.3, -0.25) is 9.69 Å². The molecule has 2 rings (SSSR count). The van der Waals surface area contributed by atoms with Crippen molar-refractivity contribution < 1.29 is 4.79 Å². The van der Waals surface area contributed by atoms with E-state index in [1.807, 2.05) is 12.1 Å². The van der Waals surface area contributed by atoms with Gasteiger partial charge in [-0.1, -0.05) is 25.4 Å². The van der Waals surface area contributed by atoms with E-state index in [-0.39, 0.29) is 5.91 Å². The fraction of sp³-hybridized carbons (Fsp3) is 0.588. The Hall–Kier alpha value is -1.26. The molecule has 1 amide bonds. The molecule has 1 aliphatic rings. The largest absolute Gasteiger partial charge is 0.369 e. The van der Waals surface area contributed by atoms with Gasteiger partial charge in [0.05, 0.1) is 0 Å². The van der Waals surface area contributed by atoms with Crippen molar-refractivity contribution in [3.63, 3.8) is 0 Å². The number of hydrogen-bond donors (Lipinski definition) is 1. The van der Waals surface area contributed by atoms with Crippen LogP contribution in [-0.2, 0) is 4.79 Å². The molecule has 0 aliphatic carbocycles. The summed E-state index contributed by atoms with van der Waals surface area (Å²) in [4.78, 5) is 16.5. The smallest absolute Gasteiger partial charge is 0.221 e. The Kier molecular flexibility index (Phi) is 6.52. The number of piperazine rings is 1. The standard InChI is InChI=1S/C17H26ClN3O/c1-14(2)13-19-17(22)7-8-20-9-11-21(12-10-20)16-5-3-15(18)4-6-16/h3-6,14H,7-13H2,1-2H3,(H,19,22). The summed E-state index contributed by atoms with van der Waals surface area (Å²) in [6, 6.07) is 8.00. The summed E-state index contributed by atoms with van der Waals surface area (Å²) in [6.45, 7) is 9.82. The quantitative estimate of drug-likeness (QED) is 0.874. The minimum atomic E-state index is 0.161. The summed E-state index contributed by atoms with van der Waals surface area (Å²) < 4.78 is 0. The predicted octanol–water partition coefficient (Wildman–Crippen LogP) is 2.62. The molecule has 0 atom stereocenters. The highest BCUT2D eigenvalue weighted by atomic mass is 35.5. The lowest BCUT2D eigenvalue weighted by Crippen LogP contribution is -2.47. The van der Waals surface area contributed by atoms with Crippen molar-refractivity contribution in [1.29, 1.82) is 0 Å².